The van der Waals surface area contributed by atoms with Crippen molar-refractivity contribution in [2.45, 2.75) is 6.92 Å². The predicted molar refractivity (Wildman–Crippen MR) is 51.3 cm³/mol. The topological polar surface area (TPSA) is 23.8 Å². The molecule has 1 aromatic heterocycles. The Kier molecular flexibility index (Phi) is 1.60. The minimum atomic E-state index is 0.791. The van der Waals surface area contributed by atoms with Gasteiger partial charge >= 0.3 is 0 Å². The van der Waals surface area contributed by atoms with Crippen molar-refractivity contribution in [3.05, 3.63) is 34.7 Å². The molecule has 0 atom stereocenters. The molecular formula is C10H7NS. The maximum Gasteiger partial charge on any atom is 0.110 e. The molecule has 0 radical (unpaired) electrons. The first-order valence-electron chi connectivity index (χ1n) is 3.70. The van der Waals surface area contributed by atoms with Crippen molar-refractivity contribution in [2.75, 3.05) is 0 Å². The summed E-state index contributed by atoms with van der Waals surface area (Å²) >= 11 is 1.55. The van der Waals surface area contributed by atoms with Gasteiger partial charge in [-0.2, -0.15) is 5.26 Å². The van der Waals surface area contributed by atoms with E-state index >= 15 is 0 Å². The van der Waals surface area contributed by atoms with Gasteiger partial charge in [-0.3, -0.25) is 0 Å². The molecule has 0 bridgehead atoms. The minimum absolute atomic E-state index is 0.791. The van der Waals surface area contributed by atoms with Crippen molar-refractivity contribution < 1.29 is 0 Å². The van der Waals surface area contributed by atoms with E-state index in [4.69, 9.17) is 5.26 Å². The standard InChI is InChI=1S/C10H7NS/c1-7-3-2-4-10-9(7)5-8(6-11)12-10/h2-5H,1H3. The van der Waals surface area contributed by atoms with Crippen LogP contribution in [0.25, 0.3) is 10.1 Å². The maximum absolute atomic E-state index is 8.69. The number of hydrogen-bond acceptors (Lipinski definition) is 2. The van der Waals surface area contributed by atoms with Crippen LogP contribution in [-0.4, -0.2) is 0 Å². The zero-order valence-corrected chi connectivity index (χ0v) is 7.48. The number of thiophene rings is 1. The molecule has 1 heterocycles. The van der Waals surface area contributed by atoms with Gasteiger partial charge in [0.25, 0.3) is 0 Å². The van der Waals surface area contributed by atoms with Crippen molar-refractivity contribution in [2.24, 2.45) is 0 Å². The second kappa shape index (κ2) is 2.62. The van der Waals surface area contributed by atoms with Crippen molar-refractivity contribution >= 4 is 21.4 Å². The van der Waals surface area contributed by atoms with E-state index in [0.29, 0.717) is 0 Å². The molecule has 0 fully saturated rings. The third-order valence-electron chi connectivity index (χ3n) is 1.89. The van der Waals surface area contributed by atoms with Gasteiger partial charge in [-0.15, -0.1) is 11.3 Å². The van der Waals surface area contributed by atoms with E-state index in [1.54, 1.807) is 11.3 Å². The van der Waals surface area contributed by atoms with Gasteiger partial charge in [-0.25, -0.2) is 0 Å². The Balaban J connectivity index is 2.85. The predicted octanol–water partition coefficient (Wildman–Crippen LogP) is 3.08. The van der Waals surface area contributed by atoms with Gasteiger partial charge in [0.1, 0.15) is 10.9 Å². The maximum atomic E-state index is 8.69. The van der Waals surface area contributed by atoms with Crippen molar-refractivity contribution in [3.8, 4) is 6.07 Å². The molecule has 0 spiro atoms. The van der Waals surface area contributed by atoms with E-state index in [2.05, 4.69) is 19.1 Å². The monoisotopic (exact) mass is 173 g/mol. The number of benzene rings is 1. The zero-order chi connectivity index (χ0) is 8.55. The van der Waals surface area contributed by atoms with Gasteiger partial charge in [0.2, 0.25) is 0 Å². The van der Waals surface area contributed by atoms with Crippen LogP contribution in [-0.2, 0) is 0 Å². The van der Waals surface area contributed by atoms with Gasteiger partial charge < -0.3 is 0 Å². The van der Waals surface area contributed by atoms with Crippen LogP contribution in [0, 0.1) is 18.3 Å². The van der Waals surface area contributed by atoms with Crippen LogP contribution in [0.15, 0.2) is 24.3 Å². The Morgan fingerprint density at radius 1 is 1.42 bits per heavy atom. The molecule has 2 heteroatoms. The highest BCUT2D eigenvalue weighted by molar-refractivity contribution is 7.19. The summed E-state index contributed by atoms with van der Waals surface area (Å²) in [6.45, 7) is 2.07. The SMILES string of the molecule is Cc1cccc2sc(C#N)cc12. The lowest BCUT2D eigenvalue weighted by Gasteiger charge is -1.91. The fourth-order valence-corrected chi connectivity index (χ4v) is 2.20. The van der Waals surface area contributed by atoms with Crippen LogP contribution in [0.4, 0.5) is 0 Å². The van der Waals surface area contributed by atoms with Gasteiger partial charge in [-0.05, 0) is 30.0 Å². The first kappa shape index (κ1) is 7.33. The van der Waals surface area contributed by atoms with Gasteiger partial charge in [0, 0.05) is 4.70 Å². The number of nitriles is 1. The molecule has 1 nitrogen and oxygen atoms in total. The van der Waals surface area contributed by atoms with Gasteiger partial charge in [0.05, 0.1) is 0 Å². The molecule has 0 saturated heterocycles. The summed E-state index contributed by atoms with van der Waals surface area (Å²) in [6.07, 6.45) is 0. The van der Waals surface area contributed by atoms with E-state index in [1.807, 2.05) is 18.2 Å². The number of nitrogens with zero attached hydrogens (tertiary/aromatic N) is 1. The van der Waals surface area contributed by atoms with Crippen LogP contribution in [0.5, 0.6) is 0 Å². The van der Waals surface area contributed by atoms with E-state index < -0.39 is 0 Å². The molecule has 0 aliphatic carbocycles. The fraction of sp³-hybridized carbons (Fsp3) is 0.100. The summed E-state index contributed by atoms with van der Waals surface area (Å²) in [5, 5.41) is 9.90. The lowest BCUT2D eigenvalue weighted by molar-refractivity contribution is 1.52. The molecule has 0 saturated carbocycles. The zero-order valence-electron chi connectivity index (χ0n) is 6.66. The molecule has 58 valence electrons. The van der Waals surface area contributed by atoms with Crippen molar-refractivity contribution in [3.63, 3.8) is 0 Å². The second-order valence-electron chi connectivity index (χ2n) is 2.71. The Hall–Kier alpha value is -1.33. The van der Waals surface area contributed by atoms with E-state index in [0.717, 1.165) is 4.88 Å². The summed E-state index contributed by atoms with van der Waals surface area (Å²) in [5.74, 6) is 0. The average molecular weight is 173 g/mol. The van der Waals surface area contributed by atoms with E-state index in [-0.39, 0.29) is 0 Å². The van der Waals surface area contributed by atoms with Crippen LogP contribution in [0.2, 0.25) is 0 Å². The normalized spacial score (nSPS) is 10.0. The molecule has 0 N–H and O–H groups in total. The molecular weight excluding hydrogens is 166 g/mol. The Bertz CT molecular complexity index is 462. The smallest absolute Gasteiger partial charge is 0.110 e. The molecule has 0 aliphatic heterocycles. The molecule has 0 amide bonds. The third-order valence-corrected chi connectivity index (χ3v) is 2.89. The first-order valence-corrected chi connectivity index (χ1v) is 4.52. The summed E-state index contributed by atoms with van der Waals surface area (Å²) in [7, 11) is 0. The number of fused-ring (bicyclic) bond motifs is 1. The van der Waals surface area contributed by atoms with Crippen LogP contribution in [0.3, 0.4) is 0 Å². The molecule has 2 rings (SSSR count). The van der Waals surface area contributed by atoms with Crippen LogP contribution in [0.1, 0.15) is 10.4 Å². The molecule has 0 aliphatic rings. The average Bonchev–Trinajstić information content (AvgIpc) is 2.49. The van der Waals surface area contributed by atoms with Crippen molar-refractivity contribution in [1.82, 2.24) is 0 Å². The minimum Gasteiger partial charge on any atom is -0.192 e. The second-order valence-corrected chi connectivity index (χ2v) is 3.79. The molecule has 2 aromatic rings. The Morgan fingerprint density at radius 3 is 2.92 bits per heavy atom. The van der Waals surface area contributed by atoms with E-state index in [9.17, 15) is 0 Å². The summed E-state index contributed by atoms with van der Waals surface area (Å²) in [5.41, 5.74) is 1.24. The van der Waals surface area contributed by atoms with Crippen LogP contribution < -0.4 is 0 Å². The Morgan fingerprint density at radius 2 is 2.25 bits per heavy atom. The highest BCUT2D eigenvalue weighted by Crippen LogP contribution is 2.27. The fourth-order valence-electron chi connectivity index (χ4n) is 1.26. The van der Waals surface area contributed by atoms with E-state index in [1.165, 1.54) is 15.6 Å². The van der Waals surface area contributed by atoms with Gasteiger partial charge in [-0.1, -0.05) is 12.1 Å². The lowest BCUT2D eigenvalue weighted by Crippen LogP contribution is -1.69. The molecule has 0 unspecified atom stereocenters. The van der Waals surface area contributed by atoms with Crippen molar-refractivity contribution in [1.29, 1.82) is 5.26 Å². The lowest BCUT2D eigenvalue weighted by atomic mass is 10.1. The quantitative estimate of drug-likeness (QED) is 0.600. The summed E-state index contributed by atoms with van der Waals surface area (Å²) in [4.78, 5) is 0.791. The highest BCUT2D eigenvalue weighted by Gasteiger charge is 2.01. The highest BCUT2D eigenvalue weighted by atomic mass is 32.1. The van der Waals surface area contributed by atoms with Gasteiger partial charge in [0.15, 0.2) is 0 Å². The first-order chi connectivity index (χ1) is 5.81. The number of aryl methyl sites for hydroxylation is 1. The summed E-state index contributed by atoms with van der Waals surface area (Å²) in [6, 6.07) is 10.3. The van der Waals surface area contributed by atoms with Crippen LogP contribution >= 0.6 is 11.3 Å². The largest absolute Gasteiger partial charge is 0.192 e. The summed E-state index contributed by atoms with van der Waals surface area (Å²) < 4.78 is 1.20. The molecule has 12 heavy (non-hydrogen) atoms. The third kappa shape index (κ3) is 0.992. The molecule has 1 aromatic carbocycles. The Labute approximate surface area is 74.9 Å². The number of rotatable bonds is 0. The number of hydrogen-bond donors (Lipinski definition) is 0.